The van der Waals surface area contributed by atoms with Gasteiger partial charge in [0.1, 0.15) is 5.82 Å². The maximum atomic E-state index is 13.4. The van der Waals surface area contributed by atoms with E-state index in [2.05, 4.69) is 28.2 Å². The van der Waals surface area contributed by atoms with Gasteiger partial charge in [-0.15, -0.1) is 0 Å². The second-order valence-electron chi connectivity index (χ2n) is 4.83. The maximum absolute atomic E-state index is 13.4. The van der Waals surface area contributed by atoms with Crippen molar-refractivity contribution < 1.29 is 4.39 Å². The Morgan fingerprint density at radius 3 is 2.71 bits per heavy atom. The number of nitrogen functional groups attached to an aromatic ring is 1. The van der Waals surface area contributed by atoms with Gasteiger partial charge in [0.25, 0.3) is 0 Å². The minimum Gasteiger partial charge on any atom is -0.397 e. The van der Waals surface area contributed by atoms with Crippen LogP contribution in [0.25, 0.3) is 0 Å². The van der Waals surface area contributed by atoms with Crippen molar-refractivity contribution in [3.8, 4) is 0 Å². The van der Waals surface area contributed by atoms with E-state index in [9.17, 15) is 4.39 Å². The lowest BCUT2D eigenvalue weighted by Crippen LogP contribution is -2.24. The molecule has 0 bridgehead atoms. The minimum atomic E-state index is -0.277. The van der Waals surface area contributed by atoms with Gasteiger partial charge in [0.05, 0.1) is 15.8 Å². The van der Waals surface area contributed by atoms with Crippen molar-refractivity contribution in [2.75, 3.05) is 11.1 Å². The van der Waals surface area contributed by atoms with E-state index in [-0.39, 0.29) is 5.82 Å². The van der Waals surface area contributed by atoms with Crippen LogP contribution in [-0.2, 0) is 0 Å². The summed E-state index contributed by atoms with van der Waals surface area (Å²) in [5, 5.41) is 3.33. The molecule has 3 N–H and O–H groups in total. The predicted octanol–water partition coefficient (Wildman–Crippen LogP) is 4.16. The van der Waals surface area contributed by atoms with Crippen LogP contribution in [0.3, 0.4) is 0 Å². The van der Waals surface area contributed by atoms with Crippen LogP contribution < -0.4 is 11.1 Å². The molecule has 17 heavy (non-hydrogen) atoms. The van der Waals surface area contributed by atoms with Gasteiger partial charge >= 0.3 is 0 Å². The van der Waals surface area contributed by atoms with E-state index < -0.39 is 0 Å². The van der Waals surface area contributed by atoms with Gasteiger partial charge in [0.2, 0.25) is 0 Å². The fourth-order valence-corrected chi connectivity index (χ4v) is 2.87. The largest absolute Gasteiger partial charge is 0.397 e. The number of benzene rings is 1. The Bertz CT molecular complexity index is 403. The highest BCUT2D eigenvalue weighted by molar-refractivity contribution is 9.10. The van der Waals surface area contributed by atoms with Crippen molar-refractivity contribution in [2.24, 2.45) is 5.92 Å². The molecule has 1 saturated carbocycles. The monoisotopic (exact) mass is 300 g/mol. The van der Waals surface area contributed by atoms with Gasteiger partial charge in [0, 0.05) is 12.1 Å². The predicted molar refractivity (Wildman–Crippen MR) is 73.6 cm³/mol. The van der Waals surface area contributed by atoms with Crippen molar-refractivity contribution in [3.05, 3.63) is 22.4 Å². The summed E-state index contributed by atoms with van der Waals surface area (Å²) in [4.78, 5) is 0. The van der Waals surface area contributed by atoms with E-state index in [1.54, 1.807) is 6.07 Å². The number of anilines is 2. The lowest BCUT2D eigenvalue weighted by Gasteiger charge is -2.22. The Hall–Kier alpha value is -0.770. The summed E-state index contributed by atoms with van der Waals surface area (Å²) in [7, 11) is 0. The molecule has 0 amide bonds. The van der Waals surface area contributed by atoms with Crippen molar-refractivity contribution >= 4 is 27.3 Å². The van der Waals surface area contributed by atoms with E-state index in [1.807, 2.05) is 0 Å². The van der Waals surface area contributed by atoms with Gasteiger partial charge < -0.3 is 11.1 Å². The quantitative estimate of drug-likeness (QED) is 0.823. The molecule has 94 valence electrons. The third kappa shape index (κ3) is 2.92. The lowest BCUT2D eigenvalue weighted by molar-refractivity contribution is 0.482. The number of halogens is 2. The summed E-state index contributed by atoms with van der Waals surface area (Å²) in [5.41, 5.74) is 7.16. The van der Waals surface area contributed by atoms with Crippen LogP contribution in [0.15, 0.2) is 16.6 Å². The second-order valence-corrected chi connectivity index (χ2v) is 5.69. The van der Waals surface area contributed by atoms with Crippen molar-refractivity contribution in [2.45, 2.75) is 38.6 Å². The smallest absolute Gasteiger partial charge is 0.139 e. The van der Waals surface area contributed by atoms with Crippen LogP contribution in [0.4, 0.5) is 15.8 Å². The molecule has 1 atom stereocenters. The first-order valence-corrected chi connectivity index (χ1v) is 6.88. The molecule has 1 fully saturated rings. The van der Waals surface area contributed by atoms with Crippen LogP contribution in [0, 0.1) is 11.7 Å². The van der Waals surface area contributed by atoms with Gasteiger partial charge in [-0.2, -0.15) is 0 Å². The van der Waals surface area contributed by atoms with Gasteiger partial charge in [-0.3, -0.25) is 0 Å². The van der Waals surface area contributed by atoms with Crippen LogP contribution >= 0.6 is 15.9 Å². The molecular weight excluding hydrogens is 283 g/mol. The molecule has 0 aliphatic heterocycles. The zero-order chi connectivity index (χ0) is 12.4. The van der Waals surface area contributed by atoms with Crippen molar-refractivity contribution in [1.29, 1.82) is 0 Å². The van der Waals surface area contributed by atoms with Crippen molar-refractivity contribution in [3.63, 3.8) is 0 Å². The molecule has 1 aromatic carbocycles. The first-order valence-electron chi connectivity index (χ1n) is 6.09. The molecule has 1 aliphatic carbocycles. The molecule has 1 aliphatic rings. The molecule has 1 aromatic rings. The average Bonchev–Trinajstić information content (AvgIpc) is 2.79. The first kappa shape index (κ1) is 12.7. The fraction of sp³-hybridized carbons (Fsp3) is 0.538. The Balaban J connectivity index is 2.09. The number of nitrogens with two attached hydrogens (primary N) is 1. The first-order chi connectivity index (χ1) is 8.08. The third-order valence-electron chi connectivity index (χ3n) is 3.58. The summed E-state index contributed by atoms with van der Waals surface area (Å²) in [6.45, 7) is 2.15. The van der Waals surface area contributed by atoms with Crippen LogP contribution in [0.5, 0.6) is 0 Å². The Labute approximate surface area is 110 Å². The topological polar surface area (TPSA) is 38.0 Å². The highest BCUT2D eigenvalue weighted by Gasteiger charge is 2.22. The zero-order valence-corrected chi connectivity index (χ0v) is 11.6. The molecule has 2 nitrogen and oxygen atoms in total. The normalized spacial score (nSPS) is 18.3. The standard InChI is InChI=1S/C13H18BrFN2/c1-8(9-4-2-3-5-9)17-13-7-11(15)10(14)6-12(13)16/h6-9,17H,2-5,16H2,1H3. The second kappa shape index (κ2) is 5.25. The number of hydrogen-bond acceptors (Lipinski definition) is 2. The highest BCUT2D eigenvalue weighted by Crippen LogP contribution is 2.32. The molecular formula is C13H18BrFN2. The molecule has 0 heterocycles. The summed E-state index contributed by atoms with van der Waals surface area (Å²) in [6.07, 6.45) is 5.13. The lowest BCUT2D eigenvalue weighted by atomic mass is 9.99. The fourth-order valence-electron chi connectivity index (χ4n) is 2.51. The zero-order valence-electron chi connectivity index (χ0n) is 9.97. The average molecular weight is 301 g/mol. The van der Waals surface area contributed by atoms with Crippen molar-refractivity contribution in [1.82, 2.24) is 0 Å². The van der Waals surface area contributed by atoms with Crippen LogP contribution in [0.1, 0.15) is 32.6 Å². The van der Waals surface area contributed by atoms with E-state index in [4.69, 9.17) is 5.73 Å². The third-order valence-corrected chi connectivity index (χ3v) is 4.19. The van der Waals surface area contributed by atoms with Crippen LogP contribution in [0.2, 0.25) is 0 Å². The van der Waals surface area contributed by atoms with E-state index in [0.29, 0.717) is 27.8 Å². The molecule has 0 saturated heterocycles. The molecule has 4 heteroatoms. The summed E-state index contributed by atoms with van der Waals surface area (Å²) in [5.74, 6) is 0.404. The Morgan fingerprint density at radius 1 is 1.41 bits per heavy atom. The molecule has 0 aromatic heterocycles. The molecule has 0 spiro atoms. The number of nitrogens with one attached hydrogen (secondary N) is 1. The number of rotatable bonds is 3. The van der Waals surface area contributed by atoms with Crippen LogP contribution in [-0.4, -0.2) is 6.04 Å². The van der Waals surface area contributed by atoms with Gasteiger partial charge in [-0.25, -0.2) is 4.39 Å². The minimum absolute atomic E-state index is 0.277. The van der Waals surface area contributed by atoms with Gasteiger partial charge in [-0.1, -0.05) is 12.8 Å². The Kier molecular flexibility index (Phi) is 3.92. The molecule has 0 radical (unpaired) electrons. The highest BCUT2D eigenvalue weighted by atomic mass is 79.9. The van der Waals surface area contributed by atoms with E-state index in [1.165, 1.54) is 31.7 Å². The number of hydrogen-bond donors (Lipinski definition) is 2. The molecule has 1 unspecified atom stereocenters. The SMILES string of the molecule is CC(Nc1cc(F)c(Br)cc1N)C1CCCC1. The summed E-state index contributed by atoms with van der Waals surface area (Å²) in [6, 6.07) is 3.42. The van der Waals surface area contributed by atoms with Gasteiger partial charge in [-0.05, 0) is 47.7 Å². The summed E-state index contributed by atoms with van der Waals surface area (Å²) < 4.78 is 13.9. The maximum Gasteiger partial charge on any atom is 0.139 e. The van der Waals surface area contributed by atoms with Gasteiger partial charge in [0.15, 0.2) is 0 Å². The van der Waals surface area contributed by atoms with E-state index in [0.717, 1.165) is 0 Å². The van der Waals surface area contributed by atoms with E-state index >= 15 is 0 Å². The molecule has 2 rings (SSSR count). The summed E-state index contributed by atoms with van der Waals surface area (Å²) >= 11 is 3.13. The Morgan fingerprint density at radius 2 is 2.06 bits per heavy atom.